The van der Waals surface area contributed by atoms with E-state index in [1.165, 1.54) is 0 Å². The Kier molecular flexibility index (Phi) is 12.5. The van der Waals surface area contributed by atoms with Gasteiger partial charge >= 0.3 is 5.97 Å². The lowest BCUT2D eigenvalue weighted by Crippen LogP contribution is -2.45. The molecule has 0 bridgehead atoms. The first-order valence-corrected chi connectivity index (χ1v) is 9.55. The van der Waals surface area contributed by atoms with E-state index >= 15 is 0 Å². The molecule has 0 saturated carbocycles. The van der Waals surface area contributed by atoms with Crippen LogP contribution < -0.4 is 5.11 Å². The second-order valence-electron chi connectivity index (χ2n) is 8.21. The van der Waals surface area contributed by atoms with Crippen LogP contribution in [0.5, 0.6) is 0 Å². The number of likely N-dealkylation sites (N-methyl/N-ethyl adjacent to an activating group) is 1. The van der Waals surface area contributed by atoms with Gasteiger partial charge in [-0.2, -0.15) is 0 Å². The van der Waals surface area contributed by atoms with Crippen LogP contribution in [0.4, 0.5) is 0 Å². The van der Waals surface area contributed by atoms with Gasteiger partial charge in [-0.15, -0.1) is 0 Å². The number of ether oxygens (including phenoxy) is 1. The van der Waals surface area contributed by atoms with E-state index in [-0.39, 0.29) is 18.9 Å². The summed E-state index contributed by atoms with van der Waals surface area (Å²) < 4.78 is 5.69. The zero-order valence-electron chi connectivity index (χ0n) is 16.8. The van der Waals surface area contributed by atoms with Crippen molar-refractivity contribution in [2.24, 2.45) is 0 Å². The Morgan fingerprint density at radius 1 is 0.962 bits per heavy atom. The number of carboxylic acid groups (broad SMARTS) is 1. The van der Waals surface area contributed by atoms with E-state index in [1.54, 1.807) is 6.92 Å². The molecule has 0 aliphatic carbocycles. The number of hydrogen-bond donors (Lipinski definition) is 2. The molecular formula is C19H37NO6. The number of hydrogen-bond acceptors (Lipinski definition) is 6. The number of nitrogens with zero attached hydrogens (tertiary/aromatic N) is 1. The standard InChI is InChI=1S/C19H37NO6/c1-15(21)10-8-6-5-7-9-11-16(22)12-19(25)26-17(13-18(23)24)14-20(2,3)4/h15-17,21-22H,5-14H2,1-4H3. The summed E-state index contributed by atoms with van der Waals surface area (Å²) in [6.07, 6.45) is 3.99. The quantitative estimate of drug-likeness (QED) is 0.247. The van der Waals surface area contributed by atoms with Crippen LogP contribution in [-0.4, -0.2) is 72.6 Å². The number of aliphatic hydroxyl groups excluding tert-OH is 2. The zero-order chi connectivity index (χ0) is 20.2. The molecule has 0 spiro atoms. The highest BCUT2D eigenvalue weighted by Crippen LogP contribution is 2.13. The van der Waals surface area contributed by atoms with E-state index < -0.39 is 24.1 Å². The van der Waals surface area contributed by atoms with Gasteiger partial charge in [0.15, 0.2) is 6.10 Å². The van der Waals surface area contributed by atoms with Crippen molar-refractivity contribution in [1.82, 2.24) is 0 Å². The maximum atomic E-state index is 11.9. The molecule has 0 heterocycles. The smallest absolute Gasteiger partial charge is 0.308 e. The number of aliphatic hydroxyl groups is 2. The summed E-state index contributed by atoms with van der Waals surface area (Å²) in [6.45, 7) is 2.15. The minimum absolute atomic E-state index is 0.122. The molecule has 0 amide bonds. The molecule has 0 aromatic heterocycles. The second kappa shape index (κ2) is 13.1. The Morgan fingerprint density at radius 2 is 1.50 bits per heavy atom. The molecule has 0 aliphatic rings. The number of carbonyl (C=O) groups is 2. The fourth-order valence-corrected chi connectivity index (χ4v) is 2.82. The molecule has 7 heteroatoms. The minimum Gasteiger partial charge on any atom is -0.550 e. The molecule has 26 heavy (non-hydrogen) atoms. The summed E-state index contributed by atoms with van der Waals surface area (Å²) in [5.41, 5.74) is 0. The van der Waals surface area contributed by atoms with Crippen LogP contribution in [0.2, 0.25) is 0 Å². The van der Waals surface area contributed by atoms with Crippen LogP contribution in [0.3, 0.4) is 0 Å². The first-order valence-electron chi connectivity index (χ1n) is 9.55. The molecule has 0 radical (unpaired) electrons. The van der Waals surface area contributed by atoms with Crippen molar-refractivity contribution in [1.29, 1.82) is 0 Å². The van der Waals surface area contributed by atoms with Gasteiger partial charge in [-0.3, -0.25) is 4.79 Å². The number of carbonyl (C=O) groups excluding carboxylic acids is 2. The fraction of sp³-hybridized carbons (Fsp3) is 0.895. The van der Waals surface area contributed by atoms with Crippen molar-refractivity contribution in [2.45, 2.75) is 83.0 Å². The average molecular weight is 376 g/mol. The average Bonchev–Trinajstić information content (AvgIpc) is 2.42. The van der Waals surface area contributed by atoms with Crippen molar-refractivity contribution < 1.29 is 34.1 Å². The molecule has 0 aromatic carbocycles. The van der Waals surface area contributed by atoms with Crippen LogP contribution in [0.1, 0.15) is 64.7 Å². The van der Waals surface area contributed by atoms with Gasteiger partial charge in [-0.05, 0) is 19.8 Å². The summed E-state index contributed by atoms with van der Waals surface area (Å²) in [5, 5.41) is 29.9. The first kappa shape index (κ1) is 24.8. The van der Waals surface area contributed by atoms with E-state index in [2.05, 4.69) is 0 Å². The van der Waals surface area contributed by atoms with Crippen molar-refractivity contribution in [2.75, 3.05) is 27.7 Å². The van der Waals surface area contributed by atoms with Crippen molar-refractivity contribution in [3.63, 3.8) is 0 Å². The van der Waals surface area contributed by atoms with E-state index in [0.29, 0.717) is 17.4 Å². The molecule has 154 valence electrons. The van der Waals surface area contributed by atoms with Gasteiger partial charge in [-0.25, -0.2) is 0 Å². The van der Waals surface area contributed by atoms with Crippen molar-refractivity contribution >= 4 is 11.9 Å². The number of rotatable bonds is 15. The van der Waals surface area contributed by atoms with Gasteiger partial charge in [0.05, 0.1) is 39.8 Å². The number of aliphatic carboxylic acids is 1. The monoisotopic (exact) mass is 375 g/mol. The highest BCUT2D eigenvalue weighted by atomic mass is 16.5. The number of esters is 1. The Labute approximate surface area is 157 Å². The number of quaternary nitrogens is 1. The maximum absolute atomic E-state index is 11.9. The molecular weight excluding hydrogens is 338 g/mol. The molecule has 3 unspecified atom stereocenters. The van der Waals surface area contributed by atoms with Gasteiger partial charge in [0.2, 0.25) is 0 Å². The summed E-state index contributed by atoms with van der Waals surface area (Å²) in [4.78, 5) is 22.8. The SMILES string of the molecule is CC(O)CCCCCCCC(O)CC(=O)OC(CC(=O)[O-])C[N+](C)(C)C. The lowest BCUT2D eigenvalue weighted by atomic mass is 10.0. The maximum Gasteiger partial charge on any atom is 0.308 e. The van der Waals surface area contributed by atoms with Crippen LogP contribution in [-0.2, 0) is 14.3 Å². The van der Waals surface area contributed by atoms with Crippen molar-refractivity contribution in [3.8, 4) is 0 Å². The highest BCUT2D eigenvalue weighted by Gasteiger charge is 2.23. The molecule has 3 atom stereocenters. The molecule has 0 aliphatic heterocycles. The van der Waals surface area contributed by atoms with E-state index in [1.807, 2.05) is 21.1 Å². The fourth-order valence-electron chi connectivity index (χ4n) is 2.82. The summed E-state index contributed by atoms with van der Waals surface area (Å²) >= 11 is 0. The van der Waals surface area contributed by atoms with E-state index in [9.17, 15) is 24.9 Å². The Hall–Kier alpha value is -1.18. The topological polar surface area (TPSA) is 107 Å². The van der Waals surface area contributed by atoms with Crippen LogP contribution in [0.15, 0.2) is 0 Å². The van der Waals surface area contributed by atoms with Gasteiger partial charge in [-0.1, -0.05) is 32.1 Å². The Balaban J connectivity index is 4.02. The van der Waals surface area contributed by atoms with E-state index in [0.717, 1.165) is 38.5 Å². The molecule has 0 aromatic rings. The Morgan fingerprint density at radius 3 is 2.00 bits per heavy atom. The normalized spacial score (nSPS) is 15.3. The molecule has 0 saturated heterocycles. The molecule has 2 N–H and O–H groups in total. The van der Waals surface area contributed by atoms with Gasteiger partial charge in [0.25, 0.3) is 0 Å². The lowest BCUT2D eigenvalue weighted by molar-refractivity contribution is -0.873. The summed E-state index contributed by atoms with van der Waals surface area (Å²) in [7, 11) is 5.64. The highest BCUT2D eigenvalue weighted by molar-refractivity contribution is 5.71. The Bertz CT molecular complexity index is 405. The predicted octanol–water partition coefficient (Wildman–Crippen LogP) is 0.607. The lowest BCUT2D eigenvalue weighted by Gasteiger charge is -2.29. The predicted molar refractivity (Wildman–Crippen MR) is 97.0 cm³/mol. The molecule has 7 nitrogen and oxygen atoms in total. The van der Waals surface area contributed by atoms with Crippen molar-refractivity contribution in [3.05, 3.63) is 0 Å². The van der Waals surface area contributed by atoms with Gasteiger partial charge < -0.3 is 29.3 Å². The van der Waals surface area contributed by atoms with E-state index in [4.69, 9.17) is 4.74 Å². The third-order valence-corrected chi connectivity index (χ3v) is 4.01. The third kappa shape index (κ3) is 16.3. The first-order chi connectivity index (χ1) is 12.0. The van der Waals surface area contributed by atoms with Gasteiger partial charge in [0.1, 0.15) is 6.54 Å². The largest absolute Gasteiger partial charge is 0.550 e. The third-order valence-electron chi connectivity index (χ3n) is 4.01. The minimum atomic E-state index is -1.26. The second-order valence-corrected chi connectivity index (χ2v) is 8.21. The molecule has 0 rings (SSSR count). The van der Waals surface area contributed by atoms with Gasteiger partial charge in [0, 0.05) is 12.4 Å². The summed E-state index contributed by atoms with van der Waals surface area (Å²) in [5.74, 6) is -1.83. The van der Waals surface area contributed by atoms with Crippen LogP contribution >= 0.6 is 0 Å². The summed E-state index contributed by atoms with van der Waals surface area (Å²) in [6, 6.07) is 0. The van der Waals surface area contributed by atoms with Crippen LogP contribution in [0, 0.1) is 0 Å². The number of carboxylic acids is 1. The number of unbranched alkanes of at least 4 members (excludes halogenated alkanes) is 4. The molecule has 0 fully saturated rings. The van der Waals surface area contributed by atoms with Crippen LogP contribution in [0.25, 0.3) is 0 Å². The zero-order valence-corrected chi connectivity index (χ0v) is 16.8.